The van der Waals surface area contributed by atoms with Crippen LogP contribution < -0.4 is 69.8 Å². The maximum absolute atomic E-state index is 12.5. The Bertz CT molecular complexity index is 3650. The summed E-state index contributed by atoms with van der Waals surface area (Å²) >= 11 is -7.35. The van der Waals surface area contributed by atoms with Gasteiger partial charge in [0, 0.05) is 125 Å². The van der Waals surface area contributed by atoms with Gasteiger partial charge in [-0.25, -0.2) is 4.39 Å². The molecule has 1 heterocycles. The lowest BCUT2D eigenvalue weighted by Gasteiger charge is -2.29. The van der Waals surface area contributed by atoms with Crippen molar-refractivity contribution in [1.29, 1.82) is 0 Å². The average molecular weight is 1940 g/mol. The maximum atomic E-state index is 12.5. The first-order valence-corrected chi connectivity index (χ1v) is 49.6. The zero-order chi connectivity index (χ0) is 94.0. The summed E-state index contributed by atoms with van der Waals surface area (Å²) in [6, 6.07) is 61.2. The van der Waals surface area contributed by atoms with Crippen LogP contribution in [0.5, 0.6) is 11.5 Å². The van der Waals surface area contributed by atoms with Crippen molar-refractivity contribution in [2.45, 2.75) is 257 Å². The van der Waals surface area contributed by atoms with Gasteiger partial charge in [-0.15, -0.1) is 0 Å². The number of rotatable bonds is 36. The SMILES string of the molecule is CC(C)(C)S(=O)[O-].CC(C)(C)S(=O)[O-].CC(C)(C)S(=O)[O-].CC(C)(C)S(=O)[O-].CC(C)(C)S(=O)[O-].CC(C)N(c1ccccc1)c1ccc(NCCCCCN)cc1.NCCCCCNc1ccc(F)cc1.NCCCCCNc1ccc(I)cc1.NCCCCCNc1ccc(N2CCCC2)cc1.NCCCCCNc1ccc(Oc2ccccc2)cc1. The molecule has 30 heteroatoms. The second-order valence-electron chi connectivity index (χ2n) is 34.2. The highest BCUT2D eigenvalue weighted by molar-refractivity contribution is 14.1. The Hall–Kier alpha value is -6.05. The van der Waals surface area contributed by atoms with Crippen molar-refractivity contribution in [1.82, 2.24) is 0 Å². The van der Waals surface area contributed by atoms with E-state index >= 15 is 0 Å². The smallest absolute Gasteiger partial charge is 0.127 e. The Labute approximate surface area is 773 Å². The molecule has 7 aromatic rings. The average Bonchev–Trinajstić information content (AvgIpc) is 0.886. The second-order valence-corrected chi connectivity index (χ2v) is 43.9. The zero-order valence-corrected chi connectivity index (χ0v) is 83.7. The van der Waals surface area contributed by atoms with Crippen LogP contribution in [0.4, 0.5) is 49.9 Å². The van der Waals surface area contributed by atoms with E-state index in [1.165, 1.54) is 121 Å². The van der Waals surface area contributed by atoms with Crippen molar-refractivity contribution < 1.29 is 52.9 Å². The third kappa shape index (κ3) is 66.4. The molecule has 1 fully saturated rings. The van der Waals surface area contributed by atoms with Crippen molar-refractivity contribution in [2.24, 2.45) is 28.7 Å². The third-order valence-electron chi connectivity index (χ3n) is 17.1. The summed E-state index contributed by atoms with van der Waals surface area (Å²) < 4.78 is 117. The molecule has 0 aliphatic carbocycles. The molecule has 5 unspecified atom stereocenters. The Balaban J connectivity index is 0. The number of halogens is 2. The topological polar surface area (TPSA) is 407 Å². The van der Waals surface area contributed by atoms with Crippen molar-refractivity contribution in [3.63, 3.8) is 0 Å². The van der Waals surface area contributed by atoms with E-state index < -0.39 is 79.1 Å². The lowest BCUT2D eigenvalue weighted by Crippen LogP contribution is -2.25. The van der Waals surface area contributed by atoms with Crippen LogP contribution in [0.2, 0.25) is 0 Å². The van der Waals surface area contributed by atoms with E-state index in [2.05, 4.69) is 176 Å². The van der Waals surface area contributed by atoms with Gasteiger partial charge in [-0.3, -0.25) is 21.0 Å². The maximum Gasteiger partial charge on any atom is 0.127 e. The number of hydrogen-bond acceptors (Lipinski definition) is 23. The standard InChI is InChI=1S/C20H29N3.C17H22N2O.C15H25N3.C11H17FN2.C11H17IN2.5C4H10O2S/c1-17(2)23(19-9-5-3-6-10-19)20-13-11-18(12-14-20)22-16-8-4-7-15-21;18-13-5-2-6-14-19-15-9-11-17(12-10-15)20-16-7-3-1-4-8-16;16-10-2-1-3-11-17-14-6-8-15(9-7-14)18-12-4-5-13-18;2*12-10-4-6-11(7-5-10)14-9-3-1-2-8-13;5*1-4(2,3)7(5)6/h3,5-6,9-14,17,22H,4,7-8,15-16,21H2,1-2H3;1,3-4,7-12,19H,2,5-6,13-14,18H2;6-9,17H,1-5,10-13,16H2;2*4-7,14H,1-3,8-9,13H2;5*1-3H3,(H,5,6)/p-5. The fourth-order valence-electron chi connectivity index (χ4n) is 9.63. The van der Waals surface area contributed by atoms with Gasteiger partial charge in [0.15, 0.2) is 0 Å². The minimum Gasteiger partial charge on any atom is -0.772 e. The molecular weight excluding hydrogens is 1780 g/mol. The van der Waals surface area contributed by atoms with Crippen molar-refractivity contribution in [3.8, 4) is 11.5 Å². The lowest BCUT2D eigenvalue weighted by molar-refractivity contribution is 0.482. The highest BCUT2D eigenvalue weighted by Crippen LogP contribution is 2.30. The monoisotopic (exact) mass is 1930 g/mol. The van der Waals surface area contributed by atoms with Crippen LogP contribution in [0.25, 0.3) is 0 Å². The molecule has 706 valence electrons. The quantitative estimate of drug-likeness (QED) is 0.00990. The number of unbranched alkanes of at least 4 members (excludes halogenated alkanes) is 10. The Morgan fingerprint density at radius 1 is 0.355 bits per heavy atom. The fourth-order valence-corrected chi connectivity index (χ4v) is 9.99. The summed E-state index contributed by atoms with van der Waals surface area (Å²) in [5.41, 5.74) is 36.8. The minimum atomic E-state index is -1.93. The number of nitrogens with zero attached hydrogens (tertiary/aromatic N) is 2. The van der Waals surface area contributed by atoms with Crippen LogP contribution in [0, 0.1) is 9.39 Å². The molecule has 0 aromatic heterocycles. The number of nitrogens with one attached hydrogen (secondary N) is 5. The van der Waals surface area contributed by atoms with Gasteiger partial charge >= 0.3 is 0 Å². The number of anilines is 8. The lowest BCUT2D eigenvalue weighted by atomic mass is 10.1. The first kappa shape index (κ1) is 120. The molecule has 7 aromatic carbocycles. The van der Waals surface area contributed by atoms with Crippen LogP contribution in [0.3, 0.4) is 0 Å². The highest BCUT2D eigenvalue weighted by Gasteiger charge is 2.16. The summed E-state index contributed by atoms with van der Waals surface area (Å²) in [7, 11) is 0. The van der Waals surface area contributed by atoms with E-state index in [0.29, 0.717) is 6.04 Å². The molecule has 0 spiro atoms. The van der Waals surface area contributed by atoms with Crippen LogP contribution >= 0.6 is 22.6 Å². The van der Waals surface area contributed by atoms with Crippen molar-refractivity contribution in [3.05, 3.63) is 191 Å². The molecule has 1 aliphatic heterocycles. The van der Waals surface area contributed by atoms with Gasteiger partial charge < -0.3 is 92.6 Å². The van der Waals surface area contributed by atoms with E-state index in [1.807, 2.05) is 54.6 Å². The molecule has 0 bridgehead atoms. The van der Waals surface area contributed by atoms with Crippen molar-refractivity contribution in [2.75, 3.05) is 115 Å². The predicted molar refractivity (Wildman–Crippen MR) is 537 cm³/mol. The van der Waals surface area contributed by atoms with Crippen molar-refractivity contribution >= 4 is 123 Å². The number of benzene rings is 7. The van der Waals surface area contributed by atoms with E-state index in [-0.39, 0.29) is 5.82 Å². The normalized spacial score (nSPS) is 12.8. The molecule has 5 atom stereocenters. The first-order chi connectivity index (χ1) is 58.4. The second kappa shape index (κ2) is 70.9. The third-order valence-corrected chi connectivity index (χ3v) is 22.8. The predicted octanol–water partition coefficient (Wildman–Crippen LogP) is 20.1. The molecule has 0 saturated carbocycles. The molecule has 0 amide bonds. The number of nitrogens with two attached hydrogens (primary N) is 5. The van der Waals surface area contributed by atoms with Gasteiger partial charge in [-0.05, 0) is 451 Å². The Kier molecular flexibility index (Phi) is 68.6. The van der Waals surface area contributed by atoms with E-state index in [1.54, 1.807) is 116 Å². The van der Waals surface area contributed by atoms with E-state index in [0.717, 1.165) is 140 Å². The fraction of sp³-hybridized carbons (Fsp3) is 0.553. The summed E-state index contributed by atoms with van der Waals surface area (Å²) in [6.07, 6.45) is 20.0. The molecule has 1 saturated heterocycles. The zero-order valence-electron chi connectivity index (χ0n) is 77.5. The molecule has 15 N–H and O–H groups in total. The van der Waals surface area contributed by atoms with Gasteiger partial charge in [0.2, 0.25) is 0 Å². The Morgan fingerprint density at radius 3 is 0.855 bits per heavy atom. The van der Waals surface area contributed by atoms with Gasteiger partial charge in [0.1, 0.15) is 17.3 Å². The molecule has 23 nitrogen and oxygen atoms in total. The summed E-state index contributed by atoms with van der Waals surface area (Å²) in [5.74, 6) is 1.51. The van der Waals surface area contributed by atoms with Gasteiger partial charge in [0.25, 0.3) is 0 Å². The molecule has 1 aliphatic rings. The van der Waals surface area contributed by atoms with Crippen LogP contribution in [-0.2, 0) is 55.4 Å². The number of ether oxygens (including phenoxy) is 1. The summed E-state index contributed by atoms with van der Waals surface area (Å²) in [6.45, 7) is 40.6. The molecule has 0 radical (unpaired) electrons. The molecular formula is C94H155FIN12O11S5-5. The largest absolute Gasteiger partial charge is 0.772 e. The molecule has 8 rings (SSSR count). The molecule has 124 heavy (non-hydrogen) atoms. The number of para-hydroxylation sites is 2. The van der Waals surface area contributed by atoms with E-state index in [9.17, 15) is 48.2 Å². The summed E-state index contributed by atoms with van der Waals surface area (Å²) in [5, 5.41) is 16.9. The van der Waals surface area contributed by atoms with Gasteiger partial charge in [0.05, 0.1) is 0 Å². The van der Waals surface area contributed by atoms with Crippen LogP contribution in [0.15, 0.2) is 182 Å². The summed E-state index contributed by atoms with van der Waals surface area (Å²) in [4.78, 5) is 4.82. The number of hydrogen-bond donors (Lipinski definition) is 10. The first-order valence-electron chi connectivity index (χ1n) is 43.2. The van der Waals surface area contributed by atoms with Crippen LogP contribution in [-0.4, -0.2) is 152 Å². The highest BCUT2D eigenvalue weighted by atomic mass is 127. The van der Waals surface area contributed by atoms with Gasteiger partial charge in [-0.1, -0.05) is 68.5 Å². The minimum absolute atomic E-state index is 0.196. The van der Waals surface area contributed by atoms with E-state index in [4.69, 9.17) is 33.4 Å². The Morgan fingerprint density at radius 2 is 0.589 bits per heavy atom. The van der Waals surface area contributed by atoms with Crippen LogP contribution in [0.1, 0.15) is 227 Å². The van der Waals surface area contributed by atoms with Gasteiger partial charge in [-0.2, -0.15) is 0 Å².